The predicted octanol–water partition coefficient (Wildman–Crippen LogP) is 3.94. The lowest BCUT2D eigenvalue weighted by molar-refractivity contribution is 0.254. The van der Waals surface area contributed by atoms with Gasteiger partial charge in [-0.3, -0.25) is 4.90 Å². The highest BCUT2D eigenvalue weighted by molar-refractivity contribution is 7.18. The van der Waals surface area contributed by atoms with Crippen LogP contribution in [0.15, 0.2) is 0 Å². The monoisotopic (exact) mass is 322 g/mol. The molecule has 2 heterocycles. The molecule has 0 aromatic carbocycles. The van der Waals surface area contributed by atoms with Crippen LogP contribution >= 0.6 is 22.9 Å². The van der Waals surface area contributed by atoms with Gasteiger partial charge in [-0.1, -0.05) is 18.5 Å². The van der Waals surface area contributed by atoms with E-state index in [9.17, 15) is 0 Å². The van der Waals surface area contributed by atoms with Crippen LogP contribution in [0.3, 0.4) is 0 Å². The number of hydrogen-bond acceptors (Lipinski definition) is 5. The third-order valence-electron chi connectivity index (χ3n) is 3.60. The van der Waals surface area contributed by atoms with Crippen molar-refractivity contribution in [2.75, 3.05) is 13.1 Å². The van der Waals surface area contributed by atoms with E-state index in [-0.39, 0.29) is 5.92 Å². The van der Waals surface area contributed by atoms with Crippen molar-refractivity contribution in [1.29, 1.82) is 5.26 Å². The first-order valence-electron chi connectivity index (χ1n) is 7.00. The minimum absolute atomic E-state index is 0.00428. The molecule has 2 rings (SSSR count). The molecule has 2 aromatic rings. The molecule has 112 valence electrons. The molecule has 0 amide bonds. The molecule has 0 saturated heterocycles. The second kappa shape index (κ2) is 6.69. The van der Waals surface area contributed by atoms with E-state index in [0.29, 0.717) is 18.2 Å². The fourth-order valence-corrected chi connectivity index (χ4v) is 3.68. The van der Waals surface area contributed by atoms with Crippen LogP contribution < -0.4 is 0 Å². The Morgan fingerprint density at radius 2 is 2.10 bits per heavy atom. The fraction of sp³-hybridized carbons (Fsp3) is 0.533. The Bertz CT molecular complexity index is 689. The van der Waals surface area contributed by atoms with E-state index in [4.69, 9.17) is 16.9 Å². The maximum Gasteiger partial charge on any atom is 0.145 e. The zero-order valence-electron chi connectivity index (χ0n) is 12.8. The minimum atomic E-state index is -0.00428. The maximum absolute atomic E-state index is 8.94. The van der Waals surface area contributed by atoms with Gasteiger partial charge < -0.3 is 0 Å². The smallest absolute Gasteiger partial charge is 0.145 e. The second-order valence-electron chi connectivity index (χ2n) is 5.25. The third kappa shape index (κ3) is 3.52. The summed E-state index contributed by atoms with van der Waals surface area (Å²) in [4.78, 5) is 13.4. The number of nitriles is 1. The molecule has 6 heteroatoms. The molecule has 0 aliphatic rings. The summed E-state index contributed by atoms with van der Waals surface area (Å²) < 4.78 is 0. The van der Waals surface area contributed by atoms with E-state index in [2.05, 4.69) is 41.7 Å². The first kappa shape index (κ1) is 16.2. The molecule has 0 aliphatic heterocycles. The largest absolute Gasteiger partial charge is 0.295 e. The van der Waals surface area contributed by atoms with E-state index in [1.165, 1.54) is 4.88 Å². The number of aromatic nitrogens is 2. The van der Waals surface area contributed by atoms with Crippen molar-refractivity contribution in [3.63, 3.8) is 0 Å². The second-order valence-corrected chi connectivity index (χ2v) is 6.81. The van der Waals surface area contributed by atoms with Crippen LogP contribution in [0.25, 0.3) is 10.2 Å². The highest BCUT2D eigenvalue weighted by Gasteiger charge is 2.15. The minimum Gasteiger partial charge on any atom is -0.295 e. The number of halogens is 1. The van der Waals surface area contributed by atoms with Crippen LogP contribution in [0.4, 0.5) is 0 Å². The summed E-state index contributed by atoms with van der Waals surface area (Å²) in [7, 11) is 0. The Kier molecular flexibility index (Phi) is 5.15. The molecular formula is C15H19ClN4S. The van der Waals surface area contributed by atoms with E-state index in [1.54, 1.807) is 11.3 Å². The average Bonchev–Trinajstić information content (AvgIpc) is 2.73. The Morgan fingerprint density at radius 3 is 2.71 bits per heavy atom. The maximum atomic E-state index is 8.94. The van der Waals surface area contributed by atoms with Gasteiger partial charge in [0, 0.05) is 11.4 Å². The van der Waals surface area contributed by atoms with Crippen LogP contribution in [0.2, 0.25) is 5.15 Å². The third-order valence-corrected chi connectivity index (χ3v) is 4.97. The molecule has 0 aliphatic carbocycles. The number of rotatable bonds is 5. The summed E-state index contributed by atoms with van der Waals surface area (Å²) in [5.74, 6) is 0.719. The lowest BCUT2D eigenvalue weighted by Gasteiger charge is -2.20. The van der Waals surface area contributed by atoms with Gasteiger partial charge in [0.25, 0.3) is 0 Å². The van der Waals surface area contributed by atoms with Gasteiger partial charge in [-0.2, -0.15) is 5.26 Å². The SMILES string of the molecule is CCN(Cc1nc(Cl)c2c(C)c(C)sc2n1)CC(C)C#N. The van der Waals surface area contributed by atoms with Gasteiger partial charge in [0.05, 0.1) is 23.9 Å². The van der Waals surface area contributed by atoms with Crippen LogP contribution in [0.5, 0.6) is 0 Å². The number of nitrogens with zero attached hydrogens (tertiary/aromatic N) is 4. The highest BCUT2D eigenvalue weighted by Crippen LogP contribution is 2.33. The van der Waals surface area contributed by atoms with Gasteiger partial charge in [0.1, 0.15) is 15.8 Å². The van der Waals surface area contributed by atoms with E-state index in [1.807, 2.05) is 6.92 Å². The summed E-state index contributed by atoms with van der Waals surface area (Å²) >= 11 is 7.98. The van der Waals surface area contributed by atoms with Gasteiger partial charge in [0.2, 0.25) is 0 Å². The quantitative estimate of drug-likeness (QED) is 0.782. The van der Waals surface area contributed by atoms with Gasteiger partial charge in [-0.05, 0) is 32.9 Å². The normalized spacial score (nSPS) is 12.8. The molecule has 4 nitrogen and oxygen atoms in total. The van der Waals surface area contributed by atoms with Gasteiger partial charge >= 0.3 is 0 Å². The van der Waals surface area contributed by atoms with Crippen LogP contribution in [-0.4, -0.2) is 28.0 Å². The first-order valence-corrected chi connectivity index (χ1v) is 8.19. The van der Waals surface area contributed by atoms with Crippen LogP contribution in [-0.2, 0) is 6.54 Å². The zero-order chi connectivity index (χ0) is 15.6. The van der Waals surface area contributed by atoms with Gasteiger partial charge in [-0.15, -0.1) is 11.3 Å². The Hall–Kier alpha value is -1.22. The molecule has 0 spiro atoms. The summed E-state index contributed by atoms with van der Waals surface area (Å²) in [6.45, 7) is 10.3. The van der Waals surface area contributed by atoms with Crippen molar-refractivity contribution in [1.82, 2.24) is 14.9 Å². The Morgan fingerprint density at radius 1 is 1.38 bits per heavy atom. The van der Waals surface area contributed by atoms with Crippen molar-refractivity contribution in [3.05, 3.63) is 21.4 Å². The summed E-state index contributed by atoms with van der Waals surface area (Å²) in [5, 5.41) is 10.4. The lowest BCUT2D eigenvalue weighted by Crippen LogP contribution is -2.28. The Labute approximate surface area is 134 Å². The average molecular weight is 323 g/mol. The molecule has 2 aromatic heterocycles. The number of aryl methyl sites for hydroxylation is 2. The van der Waals surface area contributed by atoms with Crippen molar-refractivity contribution < 1.29 is 0 Å². The molecule has 0 fully saturated rings. The van der Waals surface area contributed by atoms with Crippen molar-refractivity contribution in [2.24, 2.45) is 5.92 Å². The summed E-state index contributed by atoms with van der Waals surface area (Å²) in [5.41, 5.74) is 1.16. The molecule has 21 heavy (non-hydrogen) atoms. The predicted molar refractivity (Wildman–Crippen MR) is 87.6 cm³/mol. The molecule has 0 saturated carbocycles. The standard InChI is InChI=1S/C15H19ClN4S/c1-5-20(7-9(2)6-17)8-12-18-14(16)13-10(3)11(4)21-15(13)19-12/h9H,5,7-8H2,1-4H3. The van der Waals surface area contributed by atoms with E-state index >= 15 is 0 Å². The van der Waals surface area contributed by atoms with Crippen LogP contribution in [0.1, 0.15) is 30.1 Å². The molecular weight excluding hydrogens is 304 g/mol. The highest BCUT2D eigenvalue weighted by atomic mass is 35.5. The molecule has 0 radical (unpaired) electrons. The molecule has 1 atom stereocenters. The van der Waals surface area contributed by atoms with Crippen LogP contribution in [0, 0.1) is 31.1 Å². The Balaban J connectivity index is 2.28. The van der Waals surface area contributed by atoms with Gasteiger partial charge in [0.15, 0.2) is 0 Å². The van der Waals surface area contributed by atoms with E-state index in [0.717, 1.165) is 28.1 Å². The summed E-state index contributed by atoms with van der Waals surface area (Å²) in [6, 6.07) is 2.26. The van der Waals surface area contributed by atoms with E-state index < -0.39 is 0 Å². The van der Waals surface area contributed by atoms with Crippen molar-refractivity contribution in [2.45, 2.75) is 34.2 Å². The molecule has 0 bridgehead atoms. The van der Waals surface area contributed by atoms with Gasteiger partial charge in [-0.25, -0.2) is 9.97 Å². The lowest BCUT2D eigenvalue weighted by atomic mass is 10.2. The first-order chi connectivity index (χ1) is 9.96. The number of fused-ring (bicyclic) bond motifs is 1. The van der Waals surface area contributed by atoms with Crippen molar-refractivity contribution in [3.8, 4) is 6.07 Å². The zero-order valence-corrected chi connectivity index (χ0v) is 14.3. The molecule has 0 N–H and O–H groups in total. The summed E-state index contributed by atoms with van der Waals surface area (Å²) in [6.07, 6.45) is 0. The fourth-order valence-electron chi connectivity index (χ4n) is 2.25. The number of hydrogen-bond donors (Lipinski definition) is 0. The van der Waals surface area contributed by atoms with Crippen molar-refractivity contribution >= 4 is 33.2 Å². The number of thiophene rings is 1. The topological polar surface area (TPSA) is 52.8 Å². The molecule has 1 unspecified atom stereocenters.